The standard InChI is InChI=1S/C20H19BrN2O6S4/c1-13-7-9-16(10-8-13)33(27,28)23(29-31-15-6-4-5-14(21)11-15)17-12-18(19(24)22-2)30-20(17)32(3,25)26/h4-12,20H,1-3H3/p+1. The molecule has 1 aliphatic rings. The van der Waals surface area contributed by atoms with Gasteiger partial charge in [0.1, 0.15) is 9.04 Å². The Bertz CT molecular complexity index is 1350. The van der Waals surface area contributed by atoms with Gasteiger partial charge in [0, 0.05) is 23.9 Å². The number of sulfonamides is 1. The minimum absolute atomic E-state index is 0.0584. The largest absolute Gasteiger partial charge is 0.440 e. The molecule has 1 heterocycles. The molecule has 0 aliphatic carbocycles. The van der Waals surface area contributed by atoms with E-state index < -0.39 is 30.3 Å². The number of allylic oxidation sites excluding steroid dienone is 1. The molecule has 13 heteroatoms. The van der Waals surface area contributed by atoms with Gasteiger partial charge in [0.25, 0.3) is 11.6 Å². The molecular weight excluding hydrogens is 572 g/mol. The van der Waals surface area contributed by atoms with Gasteiger partial charge in [-0.15, -0.1) is 0 Å². The zero-order valence-electron chi connectivity index (χ0n) is 17.7. The van der Waals surface area contributed by atoms with Crippen LogP contribution in [0.15, 0.2) is 73.8 Å². The first-order valence-corrected chi connectivity index (χ1v) is 15.1. The molecule has 0 radical (unpaired) electrons. The van der Waals surface area contributed by atoms with Crippen molar-refractivity contribution < 1.29 is 30.1 Å². The fourth-order valence-electron chi connectivity index (χ4n) is 2.72. The average molecular weight is 593 g/mol. The molecule has 0 saturated carbocycles. The highest BCUT2D eigenvalue weighted by Gasteiger charge is 2.47. The van der Waals surface area contributed by atoms with Gasteiger partial charge in [0.05, 0.1) is 9.80 Å². The SMILES string of the molecule is CNC(=O)C1=CC(=[N+](OSc2cccc(Br)c2)S(=O)(=O)c2ccc(C)cc2)C(S(C)(=O)=O)S1. The van der Waals surface area contributed by atoms with E-state index in [-0.39, 0.29) is 15.5 Å². The molecule has 1 amide bonds. The Kier molecular flexibility index (Phi) is 7.99. The number of amides is 1. The van der Waals surface area contributed by atoms with Crippen LogP contribution < -0.4 is 5.32 Å². The Balaban J connectivity index is 2.21. The van der Waals surface area contributed by atoms with Crippen LogP contribution in [0.3, 0.4) is 0 Å². The van der Waals surface area contributed by atoms with Crippen LogP contribution in [0.5, 0.6) is 0 Å². The third kappa shape index (κ3) is 6.01. The maximum absolute atomic E-state index is 13.6. The molecule has 2 aromatic rings. The van der Waals surface area contributed by atoms with Crippen LogP contribution in [0.2, 0.25) is 0 Å². The zero-order valence-corrected chi connectivity index (χ0v) is 22.5. The van der Waals surface area contributed by atoms with E-state index in [9.17, 15) is 21.6 Å². The molecule has 33 heavy (non-hydrogen) atoms. The van der Waals surface area contributed by atoms with Crippen molar-refractivity contribution in [2.45, 2.75) is 21.3 Å². The van der Waals surface area contributed by atoms with Crippen molar-refractivity contribution in [1.29, 1.82) is 0 Å². The molecule has 2 aromatic carbocycles. The lowest BCUT2D eigenvalue weighted by Crippen LogP contribution is -2.34. The van der Waals surface area contributed by atoms with Gasteiger partial charge < -0.3 is 5.32 Å². The highest BCUT2D eigenvalue weighted by atomic mass is 79.9. The van der Waals surface area contributed by atoms with E-state index in [1.54, 1.807) is 36.4 Å². The molecule has 1 atom stereocenters. The molecule has 1 aliphatic heterocycles. The second kappa shape index (κ2) is 10.2. The highest BCUT2D eigenvalue weighted by Crippen LogP contribution is 2.36. The smallest absolute Gasteiger partial charge is 0.355 e. The molecule has 0 saturated heterocycles. The van der Waals surface area contributed by atoms with Gasteiger partial charge in [-0.2, -0.15) is 12.7 Å². The number of nitrogens with one attached hydrogen (secondary N) is 1. The van der Waals surface area contributed by atoms with E-state index >= 15 is 0 Å². The summed E-state index contributed by atoms with van der Waals surface area (Å²) in [6.07, 6.45) is 2.20. The predicted molar refractivity (Wildman–Crippen MR) is 133 cm³/mol. The lowest BCUT2D eigenvalue weighted by Gasteiger charge is -2.09. The van der Waals surface area contributed by atoms with E-state index in [0.29, 0.717) is 9.04 Å². The minimum Gasteiger partial charge on any atom is -0.355 e. The molecule has 1 N–H and O–H groups in total. The average Bonchev–Trinajstić information content (AvgIpc) is 3.19. The maximum atomic E-state index is 13.6. The van der Waals surface area contributed by atoms with Crippen LogP contribution >= 0.6 is 39.7 Å². The number of sulfone groups is 1. The first kappa shape index (κ1) is 25.8. The van der Waals surface area contributed by atoms with Crippen molar-refractivity contribution in [1.82, 2.24) is 5.32 Å². The lowest BCUT2D eigenvalue weighted by atomic mass is 10.2. The Morgan fingerprint density at radius 3 is 2.39 bits per heavy atom. The van der Waals surface area contributed by atoms with Crippen LogP contribution in [0.4, 0.5) is 0 Å². The maximum Gasteiger partial charge on any atom is 0.440 e. The van der Waals surface area contributed by atoms with Gasteiger partial charge >= 0.3 is 10.0 Å². The Morgan fingerprint density at radius 2 is 1.82 bits per heavy atom. The number of nitrogens with zero attached hydrogens (tertiary/aromatic N) is 1. The number of thioether (sulfide) groups is 1. The molecule has 0 spiro atoms. The number of carbonyl (C=O) groups excluding carboxylic acids is 1. The van der Waals surface area contributed by atoms with Gasteiger partial charge in [0.2, 0.25) is 4.58 Å². The summed E-state index contributed by atoms with van der Waals surface area (Å²) in [7, 11) is -6.76. The second-order valence-corrected chi connectivity index (χ2v) is 14.0. The fourth-order valence-corrected chi connectivity index (χ4v) is 8.00. The summed E-state index contributed by atoms with van der Waals surface area (Å²) in [6, 6.07) is 13.0. The molecule has 176 valence electrons. The number of aryl methyl sites for hydroxylation is 1. The summed E-state index contributed by atoms with van der Waals surface area (Å²) in [4.78, 5) is 12.7. The minimum atomic E-state index is -4.34. The Labute approximate surface area is 209 Å². The number of halogens is 1. The third-order valence-electron chi connectivity index (χ3n) is 4.34. The van der Waals surface area contributed by atoms with Crippen LogP contribution in [-0.4, -0.2) is 50.5 Å². The van der Waals surface area contributed by atoms with Crippen molar-refractivity contribution in [3.63, 3.8) is 0 Å². The summed E-state index contributed by atoms with van der Waals surface area (Å²) in [5.41, 5.74) is 0.661. The number of likely N-dealkylation sites (N-methyl/N-ethyl adjacent to an activating group) is 1. The van der Waals surface area contributed by atoms with Crippen LogP contribution in [-0.2, 0) is 28.9 Å². The first-order valence-electron chi connectivity index (χ1n) is 9.32. The Hall–Kier alpha value is -1.80. The number of carbonyl (C=O) groups is 1. The Morgan fingerprint density at radius 1 is 1.15 bits per heavy atom. The third-order valence-corrected chi connectivity index (χ3v) is 10.6. The van der Waals surface area contributed by atoms with Crippen molar-refractivity contribution in [2.24, 2.45) is 0 Å². The van der Waals surface area contributed by atoms with Gasteiger partial charge in [-0.25, -0.2) is 8.42 Å². The quantitative estimate of drug-likeness (QED) is 0.297. The summed E-state index contributed by atoms with van der Waals surface area (Å²) >= 11 is 4.83. The monoisotopic (exact) mass is 591 g/mol. The molecule has 3 rings (SSSR count). The number of hydrogen-bond acceptors (Lipinski definition) is 8. The summed E-state index contributed by atoms with van der Waals surface area (Å²) in [5, 5.41) is 2.42. The number of benzene rings is 2. The molecular formula is C20H20BrN2O6S4+. The van der Waals surface area contributed by atoms with Gasteiger partial charge in [-0.1, -0.05) is 51.5 Å². The topological polar surface area (TPSA) is 110 Å². The summed E-state index contributed by atoms with van der Waals surface area (Å²) < 4.78 is 57.8. The van der Waals surface area contributed by atoms with E-state index in [1.807, 2.05) is 6.92 Å². The molecule has 0 fully saturated rings. The number of hydrogen-bond donors (Lipinski definition) is 1. The van der Waals surface area contributed by atoms with Gasteiger partial charge in [-0.3, -0.25) is 4.79 Å². The zero-order chi connectivity index (χ0) is 24.4. The normalized spacial score (nSPS) is 17.9. The molecule has 8 nitrogen and oxygen atoms in total. The van der Waals surface area contributed by atoms with Crippen molar-refractivity contribution in [3.8, 4) is 0 Å². The van der Waals surface area contributed by atoms with E-state index in [4.69, 9.17) is 4.28 Å². The summed E-state index contributed by atoms with van der Waals surface area (Å²) in [5.74, 6) is -0.532. The van der Waals surface area contributed by atoms with Crippen LogP contribution in [0.25, 0.3) is 0 Å². The fraction of sp³-hybridized carbons (Fsp3) is 0.200. The second-order valence-electron chi connectivity index (χ2n) is 6.95. The molecule has 0 bridgehead atoms. The van der Waals surface area contributed by atoms with Crippen LogP contribution in [0, 0.1) is 6.92 Å². The van der Waals surface area contributed by atoms with E-state index in [0.717, 1.165) is 40.1 Å². The first-order chi connectivity index (χ1) is 15.4. The molecule has 1 unspecified atom stereocenters. The lowest BCUT2D eigenvalue weighted by molar-refractivity contribution is -0.617. The van der Waals surface area contributed by atoms with E-state index in [2.05, 4.69) is 21.2 Å². The highest BCUT2D eigenvalue weighted by molar-refractivity contribution is 9.10. The van der Waals surface area contributed by atoms with Crippen molar-refractivity contribution in [3.05, 3.63) is 69.5 Å². The predicted octanol–water partition coefficient (Wildman–Crippen LogP) is 3.29. The van der Waals surface area contributed by atoms with Crippen molar-refractivity contribution in [2.75, 3.05) is 13.3 Å². The number of rotatable bonds is 7. The van der Waals surface area contributed by atoms with E-state index in [1.165, 1.54) is 25.3 Å². The van der Waals surface area contributed by atoms with Gasteiger partial charge in [0.15, 0.2) is 21.9 Å². The summed E-state index contributed by atoms with van der Waals surface area (Å²) in [6.45, 7) is 1.81. The van der Waals surface area contributed by atoms with Crippen LogP contribution in [0.1, 0.15) is 5.56 Å². The van der Waals surface area contributed by atoms with Gasteiger partial charge in [-0.05, 0) is 37.3 Å². The molecule has 0 aromatic heterocycles. The van der Waals surface area contributed by atoms with Crippen molar-refractivity contribution >= 4 is 71.2 Å².